The third-order valence-electron chi connectivity index (χ3n) is 4.31. The lowest BCUT2D eigenvalue weighted by atomic mass is 9.99. The number of benzene rings is 1. The lowest BCUT2D eigenvalue weighted by Crippen LogP contribution is -2.32. The van der Waals surface area contributed by atoms with Crippen LogP contribution in [-0.4, -0.2) is 49.1 Å². The zero-order valence-corrected chi connectivity index (χ0v) is 16.3. The highest BCUT2D eigenvalue weighted by molar-refractivity contribution is 7.10. The molecule has 1 aliphatic rings. The minimum atomic E-state index is -0.746. The zero-order chi connectivity index (χ0) is 19.6. The Balaban J connectivity index is 2.19. The van der Waals surface area contributed by atoms with Gasteiger partial charge >= 0.3 is 0 Å². The van der Waals surface area contributed by atoms with Gasteiger partial charge in [0.15, 0.2) is 0 Å². The molecule has 0 saturated carbocycles. The number of ketones is 1. The number of hydrogen-bond acceptors (Lipinski definition) is 6. The monoisotopic (exact) mass is 407 g/mol. The van der Waals surface area contributed by atoms with Crippen LogP contribution in [0.3, 0.4) is 0 Å². The maximum atomic E-state index is 12.8. The Kier molecular flexibility index (Phi) is 5.84. The second-order valence-corrected chi connectivity index (χ2v) is 7.26. The van der Waals surface area contributed by atoms with Crippen LogP contribution in [0.4, 0.5) is 0 Å². The van der Waals surface area contributed by atoms with Crippen molar-refractivity contribution < 1.29 is 24.2 Å². The maximum Gasteiger partial charge on any atom is 0.295 e. The normalized spacial score (nSPS) is 18.9. The van der Waals surface area contributed by atoms with Crippen molar-refractivity contribution in [3.05, 3.63) is 56.7 Å². The van der Waals surface area contributed by atoms with Crippen LogP contribution in [0.2, 0.25) is 5.02 Å². The number of Topliss-reactive ketones (excluding diaryl/α,β-unsaturated/α-hetero) is 1. The Labute approximate surface area is 165 Å². The molecule has 1 aromatic heterocycles. The summed E-state index contributed by atoms with van der Waals surface area (Å²) in [5.74, 6) is -1.38. The van der Waals surface area contributed by atoms with E-state index in [0.29, 0.717) is 10.8 Å². The number of aliphatic hydroxyl groups excluding tert-OH is 1. The van der Waals surface area contributed by atoms with Crippen LogP contribution in [-0.2, 0) is 14.3 Å². The summed E-state index contributed by atoms with van der Waals surface area (Å²) >= 11 is 7.46. The lowest BCUT2D eigenvalue weighted by molar-refractivity contribution is -0.140. The Morgan fingerprint density at radius 1 is 1.30 bits per heavy atom. The molecule has 1 aliphatic heterocycles. The molecular formula is C19H18ClNO5S. The van der Waals surface area contributed by atoms with Crippen molar-refractivity contribution in [1.82, 2.24) is 4.90 Å². The van der Waals surface area contributed by atoms with Gasteiger partial charge in [-0.2, -0.15) is 0 Å². The molecule has 2 heterocycles. The standard InChI is InChI=1S/C19H18ClNO5S/c1-25-8-7-21-16(14-4-3-9-27-14)15(18(23)19(21)24)17(22)12-10-11(20)5-6-13(12)26-2/h3-6,9-10,16,22H,7-8H2,1-2H3/b17-15-. The first-order valence-electron chi connectivity index (χ1n) is 8.14. The fraction of sp³-hybridized carbons (Fsp3) is 0.263. The van der Waals surface area contributed by atoms with Crippen LogP contribution >= 0.6 is 22.9 Å². The number of carbonyl (C=O) groups is 2. The van der Waals surface area contributed by atoms with Crippen LogP contribution in [0, 0.1) is 0 Å². The number of rotatable bonds is 6. The number of amides is 1. The summed E-state index contributed by atoms with van der Waals surface area (Å²) in [4.78, 5) is 27.6. The van der Waals surface area contributed by atoms with E-state index >= 15 is 0 Å². The average Bonchev–Trinajstić information content (AvgIpc) is 3.27. The van der Waals surface area contributed by atoms with E-state index in [2.05, 4.69) is 0 Å². The van der Waals surface area contributed by atoms with Crippen molar-refractivity contribution in [1.29, 1.82) is 0 Å². The van der Waals surface area contributed by atoms with E-state index < -0.39 is 17.7 Å². The van der Waals surface area contributed by atoms with Crippen molar-refractivity contribution in [3.8, 4) is 5.75 Å². The van der Waals surface area contributed by atoms with Gasteiger partial charge in [-0.25, -0.2) is 0 Å². The summed E-state index contributed by atoms with van der Waals surface area (Å²) < 4.78 is 10.3. The summed E-state index contributed by atoms with van der Waals surface area (Å²) in [6.07, 6.45) is 0. The van der Waals surface area contributed by atoms with E-state index in [9.17, 15) is 14.7 Å². The van der Waals surface area contributed by atoms with E-state index in [-0.39, 0.29) is 30.0 Å². The Morgan fingerprint density at radius 2 is 2.07 bits per heavy atom. The predicted octanol–water partition coefficient (Wildman–Crippen LogP) is 3.48. The number of likely N-dealkylation sites (tertiary alicyclic amines) is 1. The van der Waals surface area contributed by atoms with Gasteiger partial charge in [0.05, 0.1) is 30.9 Å². The van der Waals surface area contributed by atoms with E-state index in [1.807, 2.05) is 17.5 Å². The number of methoxy groups -OCH3 is 2. The Hall–Kier alpha value is -2.35. The van der Waals surface area contributed by atoms with Gasteiger partial charge in [-0.1, -0.05) is 17.7 Å². The van der Waals surface area contributed by atoms with Gasteiger partial charge in [-0.3, -0.25) is 9.59 Å². The smallest absolute Gasteiger partial charge is 0.295 e. The molecule has 0 radical (unpaired) electrons. The molecule has 1 amide bonds. The zero-order valence-electron chi connectivity index (χ0n) is 14.8. The second kappa shape index (κ2) is 8.12. The molecular weight excluding hydrogens is 390 g/mol. The molecule has 1 aromatic carbocycles. The van der Waals surface area contributed by atoms with Gasteiger partial charge in [0, 0.05) is 23.6 Å². The minimum Gasteiger partial charge on any atom is -0.507 e. The number of nitrogens with zero attached hydrogens (tertiary/aromatic N) is 1. The topological polar surface area (TPSA) is 76.1 Å². The highest BCUT2D eigenvalue weighted by atomic mass is 35.5. The molecule has 0 spiro atoms. The number of aliphatic hydroxyl groups is 1. The quantitative estimate of drug-likeness (QED) is 0.450. The van der Waals surface area contributed by atoms with E-state index in [0.717, 1.165) is 4.88 Å². The first-order valence-corrected chi connectivity index (χ1v) is 9.40. The second-order valence-electron chi connectivity index (χ2n) is 5.85. The number of thiophene rings is 1. The van der Waals surface area contributed by atoms with Gasteiger partial charge in [0.25, 0.3) is 11.7 Å². The molecule has 1 atom stereocenters. The molecule has 6 nitrogen and oxygen atoms in total. The average molecular weight is 408 g/mol. The van der Waals surface area contributed by atoms with Crippen LogP contribution in [0.1, 0.15) is 16.5 Å². The summed E-state index contributed by atoms with van der Waals surface area (Å²) in [7, 11) is 2.97. The molecule has 1 N–H and O–H groups in total. The summed E-state index contributed by atoms with van der Waals surface area (Å²) in [5.41, 5.74) is 0.274. The van der Waals surface area contributed by atoms with Crippen molar-refractivity contribution in [3.63, 3.8) is 0 Å². The fourth-order valence-corrected chi connectivity index (χ4v) is 4.07. The molecule has 8 heteroatoms. The van der Waals surface area contributed by atoms with Gasteiger partial charge < -0.3 is 19.5 Å². The van der Waals surface area contributed by atoms with Crippen LogP contribution in [0.25, 0.3) is 5.76 Å². The molecule has 142 valence electrons. The van der Waals surface area contributed by atoms with Gasteiger partial charge in [0.1, 0.15) is 11.5 Å². The van der Waals surface area contributed by atoms with E-state index in [1.165, 1.54) is 36.5 Å². The molecule has 0 aliphatic carbocycles. The number of carbonyl (C=O) groups excluding carboxylic acids is 2. The summed E-state index contributed by atoms with van der Waals surface area (Å²) in [6.45, 7) is 0.503. The van der Waals surface area contributed by atoms with Crippen LogP contribution in [0.15, 0.2) is 41.3 Å². The summed E-state index contributed by atoms with van der Waals surface area (Å²) in [5, 5.41) is 13.2. The van der Waals surface area contributed by atoms with Crippen molar-refractivity contribution in [2.75, 3.05) is 27.4 Å². The molecule has 1 unspecified atom stereocenters. The SMILES string of the molecule is COCCN1C(=O)C(=O)/C(=C(\O)c2cc(Cl)ccc2OC)C1c1cccs1. The molecule has 27 heavy (non-hydrogen) atoms. The highest BCUT2D eigenvalue weighted by Gasteiger charge is 2.46. The highest BCUT2D eigenvalue weighted by Crippen LogP contribution is 2.42. The van der Waals surface area contributed by atoms with Crippen LogP contribution in [0.5, 0.6) is 5.75 Å². The van der Waals surface area contributed by atoms with E-state index in [4.69, 9.17) is 21.1 Å². The third-order valence-corrected chi connectivity index (χ3v) is 5.47. The van der Waals surface area contributed by atoms with Gasteiger partial charge in [-0.15, -0.1) is 11.3 Å². The third kappa shape index (κ3) is 3.58. The lowest BCUT2D eigenvalue weighted by Gasteiger charge is -2.23. The van der Waals surface area contributed by atoms with Crippen molar-refractivity contribution in [2.24, 2.45) is 0 Å². The van der Waals surface area contributed by atoms with Gasteiger partial charge in [-0.05, 0) is 29.6 Å². The molecule has 3 rings (SSSR count). The number of halogens is 1. The Bertz CT molecular complexity index is 894. The molecule has 2 aromatic rings. The molecule has 1 saturated heterocycles. The molecule has 0 bridgehead atoms. The number of ether oxygens (including phenoxy) is 2. The van der Waals surface area contributed by atoms with E-state index in [1.54, 1.807) is 12.1 Å². The molecule has 1 fully saturated rings. The van der Waals surface area contributed by atoms with Gasteiger partial charge in [0.2, 0.25) is 0 Å². The summed E-state index contributed by atoms with van der Waals surface area (Å²) in [6, 6.07) is 7.68. The first kappa shape index (κ1) is 19.4. The van der Waals surface area contributed by atoms with Crippen molar-refractivity contribution in [2.45, 2.75) is 6.04 Å². The first-order chi connectivity index (χ1) is 13.0. The Morgan fingerprint density at radius 3 is 2.70 bits per heavy atom. The fourth-order valence-electron chi connectivity index (χ4n) is 3.05. The van der Waals surface area contributed by atoms with Crippen molar-refractivity contribution >= 4 is 40.4 Å². The predicted molar refractivity (Wildman–Crippen MR) is 103 cm³/mol. The van der Waals surface area contributed by atoms with Crippen LogP contribution < -0.4 is 4.74 Å². The maximum absolute atomic E-state index is 12.8. The minimum absolute atomic E-state index is 0.0131. The number of hydrogen-bond donors (Lipinski definition) is 1. The largest absolute Gasteiger partial charge is 0.507 e.